The molecule has 2 aromatic carbocycles. The third kappa shape index (κ3) is 2.36. The number of hydrogen-bond acceptors (Lipinski definition) is 2. The minimum Gasteiger partial charge on any atom is -0.458 e. The summed E-state index contributed by atoms with van der Waals surface area (Å²) in [6, 6.07) is 12.1. The number of aryl methyl sites for hydroxylation is 4. The first-order valence-electron chi connectivity index (χ1n) is 7.22. The van der Waals surface area contributed by atoms with Crippen molar-refractivity contribution >= 4 is 11.0 Å². The Morgan fingerprint density at radius 3 is 2.29 bits per heavy atom. The largest absolute Gasteiger partial charge is 0.458 e. The molecule has 1 N–H and O–H groups in total. The number of para-hydroxylation sites is 1. The zero-order valence-electron chi connectivity index (χ0n) is 12.9. The van der Waals surface area contributed by atoms with Crippen LogP contribution in [0.2, 0.25) is 0 Å². The Hall–Kier alpha value is -2.06. The lowest BCUT2D eigenvalue weighted by atomic mass is 9.96. The van der Waals surface area contributed by atoms with Crippen molar-refractivity contribution in [1.29, 1.82) is 0 Å². The highest BCUT2D eigenvalue weighted by molar-refractivity contribution is 5.81. The fourth-order valence-corrected chi connectivity index (χ4v) is 2.79. The summed E-state index contributed by atoms with van der Waals surface area (Å²) in [6.45, 7) is 8.19. The summed E-state index contributed by atoms with van der Waals surface area (Å²) < 4.78 is 5.89. The molecule has 0 radical (unpaired) electrons. The molecule has 0 fully saturated rings. The molecule has 3 rings (SSSR count). The van der Waals surface area contributed by atoms with E-state index < -0.39 is 6.10 Å². The highest BCUT2D eigenvalue weighted by Gasteiger charge is 2.18. The Morgan fingerprint density at radius 2 is 1.57 bits per heavy atom. The van der Waals surface area contributed by atoms with Crippen LogP contribution < -0.4 is 0 Å². The maximum atomic E-state index is 10.7. The molecule has 3 aromatic rings. The molecule has 2 nitrogen and oxygen atoms in total. The van der Waals surface area contributed by atoms with E-state index in [4.69, 9.17) is 4.42 Å². The molecule has 0 spiro atoms. The van der Waals surface area contributed by atoms with E-state index in [-0.39, 0.29) is 0 Å². The van der Waals surface area contributed by atoms with Gasteiger partial charge in [-0.1, -0.05) is 30.3 Å². The summed E-state index contributed by atoms with van der Waals surface area (Å²) in [6.07, 6.45) is -0.726. The third-order valence-electron chi connectivity index (χ3n) is 4.21. The van der Waals surface area contributed by atoms with Gasteiger partial charge in [0.15, 0.2) is 0 Å². The maximum absolute atomic E-state index is 10.7. The van der Waals surface area contributed by atoms with Gasteiger partial charge in [0.05, 0.1) is 0 Å². The van der Waals surface area contributed by atoms with Crippen molar-refractivity contribution in [3.05, 3.63) is 70.0 Å². The molecule has 0 aliphatic rings. The lowest BCUT2D eigenvalue weighted by molar-refractivity contribution is 0.191. The SMILES string of the molecule is Cc1cc(C)c(C(O)c2cc3cccc(C)c3o2)cc1C. The molecular formula is C19H20O2. The average Bonchev–Trinajstić information content (AvgIpc) is 2.87. The van der Waals surface area contributed by atoms with Gasteiger partial charge in [0, 0.05) is 5.39 Å². The Labute approximate surface area is 125 Å². The Morgan fingerprint density at radius 1 is 0.857 bits per heavy atom. The number of fused-ring (bicyclic) bond motifs is 1. The molecule has 108 valence electrons. The van der Waals surface area contributed by atoms with Crippen LogP contribution in [0.4, 0.5) is 0 Å². The van der Waals surface area contributed by atoms with E-state index in [1.54, 1.807) is 0 Å². The van der Waals surface area contributed by atoms with E-state index >= 15 is 0 Å². The second-order valence-electron chi connectivity index (χ2n) is 5.84. The van der Waals surface area contributed by atoms with Crippen LogP contribution in [0.15, 0.2) is 40.8 Å². The molecule has 0 amide bonds. The van der Waals surface area contributed by atoms with E-state index in [0.717, 1.165) is 27.7 Å². The molecule has 0 saturated carbocycles. The number of furan rings is 1. The predicted octanol–water partition coefficient (Wildman–Crippen LogP) is 4.75. The van der Waals surface area contributed by atoms with Gasteiger partial charge in [-0.05, 0) is 61.6 Å². The first kappa shape index (κ1) is 13.9. The van der Waals surface area contributed by atoms with Crippen molar-refractivity contribution in [3.63, 3.8) is 0 Å². The van der Waals surface area contributed by atoms with Gasteiger partial charge >= 0.3 is 0 Å². The van der Waals surface area contributed by atoms with E-state index in [9.17, 15) is 5.11 Å². The topological polar surface area (TPSA) is 33.4 Å². The third-order valence-corrected chi connectivity index (χ3v) is 4.21. The average molecular weight is 280 g/mol. The van der Waals surface area contributed by atoms with Crippen LogP contribution in [-0.4, -0.2) is 5.11 Å². The molecular weight excluding hydrogens is 260 g/mol. The number of aliphatic hydroxyl groups is 1. The van der Waals surface area contributed by atoms with Crippen LogP contribution >= 0.6 is 0 Å². The van der Waals surface area contributed by atoms with Crippen molar-refractivity contribution in [1.82, 2.24) is 0 Å². The fraction of sp³-hybridized carbons (Fsp3) is 0.263. The summed E-state index contributed by atoms with van der Waals surface area (Å²) >= 11 is 0. The standard InChI is InChI=1S/C19H20O2/c1-11-6-5-7-15-10-17(21-19(11)15)18(20)16-9-13(3)12(2)8-14(16)4/h5-10,18,20H,1-4H3. The monoisotopic (exact) mass is 280 g/mol. The predicted molar refractivity (Wildman–Crippen MR) is 85.7 cm³/mol. The van der Waals surface area contributed by atoms with Crippen LogP contribution in [0.25, 0.3) is 11.0 Å². The Kier molecular flexibility index (Phi) is 3.34. The van der Waals surface area contributed by atoms with Gasteiger partial charge in [-0.3, -0.25) is 0 Å². The Bertz CT molecular complexity index is 812. The summed E-state index contributed by atoms with van der Waals surface area (Å²) in [5, 5.41) is 11.7. The molecule has 1 unspecified atom stereocenters. The van der Waals surface area contributed by atoms with Crippen LogP contribution in [0.1, 0.15) is 39.7 Å². The summed E-state index contributed by atoms with van der Waals surface area (Å²) in [4.78, 5) is 0. The number of rotatable bonds is 2. The zero-order valence-corrected chi connectivity index (χ0v) is 12.9. The molecule has 0 aliphatic heterocycles. The van der Waals surface area contributed by atoms with Crippen molar-refractivity contribution in [2.45, 2.75) is 33.8 Å². The maximum Gasteiger partial charge on any atom is 0.138 e. The number of hydrogen-bond donors (Lipinski definition) is 1. The van der Waals surface area contributed by atoms with Crippen molar-refractivity contribution in [3.8, 4) is 0 Å². The second-order valence-corrected chi connectivity index (χ2v) is 5.84. The first-order valence-corrected chi connectivity index (χ1v) is 7.22. The molecule has 1 heterocycles. The summed E-state index contributed by atoms with van der Waals surface area (Å²) in [5.41, 5.74) is 6.36. The van der Waals surface area contributed by atoms with E-state index in [1.807, 2.05) is 38.1 Å². The van der Waals surface area contributed by atoms with Crippen LogP contribution in [0.3, 0.4) is 0 Å². The quantitative estimate of drug-likeness (QED) is 0.735. The van der Waals surface area contributed by atoms with Gasteiger partial charge in [0.1, 0.15) is 17.4 Å². The fourth-order valence-electron chi connectivity index (χ4n) is 2.79. The van der Waals surface area contributed by atoms with Gasteiger partial charge in [-0.15, -0.1) is 0 Å². The van der Waals surface area contributed by atoms with Gasteiger partial charge in [0.25, 0.3) is 0 Å². The van der Waals surface area contributed by atoms with Crippen molar-refractivity contribution in [2.24, 2.45) is 0 Å². The lowest BCUT2D eigenvalue weighted by Crippen LogP contribution is -2.02. The van der Waals surface area contributed by atoms with Gasteiger partial charge in [-0.2, -0.15) is 0 Å². The molecule has 0 bridgehead atoms. The summed E-state index contributed by atoms with van der Waals surface area (Å²) in [7, 11) is 0. The molecule has 1 atom stereocenters. The van der Waals surface area contributed by atoms with Crippen LogP contribution in [-0.2, 0) is 0 Å². The molecule has 2 heteroatoms. The molecule has 0 aliphatic carbocycles. The van der Waals surface area contributed by atoms with Gasteiger partial charge in [0.2, 0.25) is 0 Å². The van der Waals surface area contributed by atoms with E-state index in [2.05, 4.69) is 26.0 Å². The second kappa shape index (κ2) is 5.05. The molecule has 21 heavy (non-hydrogen) atoms. The lowest BCUT2D eigenvalue weighted by Gasteiger charge is -2.14. The van der Waals surface area contributed by atoms with Gasteiger partial charge < -0.3 is 9.52 Å². The Balaban J connectivity index is 2.10. The van der Waals surface area contributed by atoms with Gasteiger partial charge in [-0.25, -0.2) is 0 Å². The molecule has 0 saturated heterocycles. The van der Waals surface area contributed by atoms with Crippen LogP contribution in [0, 0.1) is 27.7 Å². The highest BCUT2D eigenvalue weighted by atomic mass is 16.4. The van der Waals surface area contributed by atoms with E-state index in [0.29, 0.717) is 5.76 Å². The number of benzene rings is 2. The summed E-state index contributed by atoms with van der Waals surface area (Å²) in [5.74, 6) is 0.602. The van der Waals surface area contributed by atoms with E-state index in [1.165, 1.54) is 11.1 Å². The van der Waals surface area contributed by atoms with Crippen molar-refractivity contribution in [2.75, 3.05) is 0 Å². The number of aliphatic hydroxyl groups excluding tert-OH is 1. The normalized spacial score (nSPS) is 12.8. The van der Waals surface area contributed by atoms with Crippen LogP contribution in [0.5, 0.6) is 0 Å². The minimum absolute atomic E-state index is 0.602. The zero-order chi connectivity index (χ0) is 15.1. The smallest absolute Gasteiger partial charge is 0.138 e. The van der Waals surface area contributed by atoms with Crippen molar-refractivity contribution < 1.29 is 9.52 Å². The highest BCUT2D eigenvalue weighted by Crippen LogP contribution is 2.32. The minimum atomic E-state index is -0.726. The first-order chi connectivity index (χ1) is 9.97. The molecule has 1 aromatic heterocycles.